The molecule has 0 aliphatic heterocycles. The first-order valence-electron chi connectivity index (χ1n) is 11.6. The number of carbonyl (C=O) groups excluding carboxylic acids is 1. The molecule has 3 aromatic carbocycles. The van der Waals surface area contributed by atoms with E-state index in [1.165, 1.54) is 36.4 Å². The van der Waals surface area contributed by atoms with E-state index in [2.05, 4.69) is 15.2 Å². The van der Waals surface area contributed by atoms with E-state index < -0.39 is 53.5 Å². The first kappa shape index (κ1) is 29.8. The number of halogens is 9. The number of nitrogens with one attached hydrogen (secondary N) is 1. The number of carbonyl (C=O) groups is 1. The molecule has 0 unspecified atom stereocenters. The summed E-state index contributed by atoms with van der Waals surface area (Å²) < 4.78 is 112. The maximum atomic E-state index is 13.8. The van der Waals surface area contributed by atoms with Crippen LogP contribution < -0.4 is 10.1 Å². The lowest BCUT2D eigenvalue weighted by Crippen LogP contribution is -2.21. The molecule has 0 atom stereocenters. The number of aromatic nitrogens is 2. The van der Waals surface area contributed by atoms with Crippen LogP contribution in [0.1, 0.15) is 28.5 Å². The summed E-state index contributed by atoms with van der Waals surface area (Å²) in [7, 11) is 0. The van der Waals surface area contributed by atoms with Gasteiger partial charge in [0.1, 0.15) is 5.75 Å². The zero-order valence-electron chi connectivity index (χ0n) is 20.7. The summed E-state index contributed by atoms with van der Waals surface area (Å²) in [4.78, 5) is 12.9. The number of anilines is 1. The summed E-state index contributed by atoms with van der Waals surface area (Å²) in [6.07, 6.45) is -9.50. The van der Waals surface area contributed by atoms with E-state index in [1.807, 2.05) is 0 Å². The Labute approximate surface area is 232 Å². The van der Waals surface area contributed by atoms with Crippen LogP contribution >= 0.6 is 11.6 Å². The molecule has 0 saturated carbocycles. The van der Waals surface area contributed by atoms with Crippen molar-refractivity contribution in [2.75, 3.05) is 11.9 Å². The molecule has 41 heavy (non-hydrogen) atoms. The summed E-state index contributed by atoms with van der Waals surface area (Å²) in [6.45, 7) is -1.16. The number of alkyl halides is 8. The molecular weight excluding hydrogens is 586 g/mol. The number of benzene rings is 3. The number of hydrogen-bond donors (Lipinski definition) is 1. The van der Waals surface area contributed by atoms with Crippen molar-refractivity contribution in [2.45, 2.75) is 25.2 Å². The van der Waals surface area contributed by atoms with Crippen molar-refractivity contribution in [3.05, 3.63) is 94.6 Å². The minimum atomic E-state index is -4.77. The molecule has 216 valence electrons. The quantitative estimate of drug-likeness (QED) is 0.216. The first-order valence-corrected chi connectivity index (χ1v) is 12.0. The largest absolute Gasteiger partial charge is 0.482 e. The lowest BCUT2D eigenvalue weighted by atomic mass is 10.1. The van der Waals surface area contributed by atoms with Gasteiger partial charge in [0.15, 0.2) is 12.3 Å². The second-order valence-electron chi connectivity index (χ2n) is 8.81. The molecule has 0 aliphatic carbocycles. The Kier molecular flexibility index (Phi) is 8.03. The van der Waals surface area contributed by atoms with Gasteiger partial charge in [0, 0.05) is 23.6 Å². The molecule has 4 rings (SSSR count). The minimum Gasteiger partial charge on any atom is -0.482 e. The van der Waals surface area contributed by atoms with Crippen molar-refractivity contribution in [2.24, 2.45) is 0 Å². The summed E-state index contributed by atoms with van der Waals surface area (Å²) in [5.41, 5.74) is -1.91. The molecule has 0 aliphatic rings. The average molecular weight is 604 g/mol. The van der Waals surface area contributed by atoms with Gasteiger partial charge in [0.25, 0.3) is 11.8 Å². The van der Waals surface area contributed by atoms with E-state index in [-0.39, 0.29) is 27.5 Å². The van der Waals surface area contributed by atoms with Gasteiger partial charge in [-0.05, 0) is 48.5 Å². The van der Waals surface area contributed by atoms with Crippen LogP contribution in [0.4, 0.5) is 40.8 Å². The second-order valence-corrected chi connectivity index (χ2v) is 9.22. The molecular formula is C27H18ClF8N3O2. The molecule has 14 heteroatoms. The number of hydrogen-bond acceptors (Lipinski definition) is 3. The third-order valence-corrected chi connectivity index (χ3v) is 5.97. The molecule has 5 nitrogen and oxygen atoms in total. The topological polar surface area (TPSA) is 56.1 Å². The van der Waals surface area contributed by atoms with Gasteiger partial charge >= 0.3 is 12.4 Å². The maximum Gasteiger partial charge on any atom is 0.435 e. The third kappa shape index (κ3) is 7.15. The molecule has 1 N–H and O–H groups in total. The monoisotopic (exact) mass is 603 g/mol. The number of nitrogens with zero attached hydrogens (tertiary/aromatic N) is 2. The first-order chi connectivity index (χ1) is 19.0. The Morgan fingerprint density at radius 1 is 0.927 bits per heavy atom. The van der Waals surface area contributed by atoms with Crippen LogP contribution in [0.2, 0.25) is 5.02 Å². The maximum absolute atomic E-state index is 13.8. The Hall–Kier alpha value is -4.13. The number of ether oxygens (including phenoxy) is 1. The zero-order valence-corrected chi connectivity index (χ0v) is 21.5. The van der Waals surface area contributed by atoms with Crippen LogP contribution in [-0.4, -0.2) is 28.5 Å². The SMILES string of the molecule is CC(F)(F)c1ccc(OCC(F)(F)F)c(NC(=O)c2ccc(-c3cc(C(F)(F)F)nn3-c3ccccc3Cl)cc2)c1. The standard InChI is InChI=1S/C27H18ClF8N3O2/c1-25(29,30)17-10-11-22(41-14-26(31,32)33)19(12-17)37-24(40)16-8-6-15(7-9-16)21-13-23(27(34,35)36)38-39(21)20-5-3-2-4-18(20)28/h2-13H,14H2,1H3,(H,37,40). The second kappa shape index (κ2) is 11.0. The fourth-order valence-electron chi connectivity index (χ4n) is 3.71. The van der Waals surface area contributed by atoms with E-state index >= 15 is 0 Å². The average Bonchev–Trinajstić information content (AvgIpc) is 3.33. The summed E-state index contributed by atoms with van der Waals surface area (Å²) in [6, 6.07) is 14.5. The van der Waals surface area contributed by atoms with Gasteiger partial charge in [0.05, 0.1) is 22.1 Å². The van der Waals surface area contributed by atoms with Crippen LogP contribution in [0.25, 0.3) is 16.9 Å². The van der Waals surface area contributed by atoms with Crippen LogP contribution in [0.5, 0.6) is 5.75 Å². The van der Waals surface area contributed by atoms with Gasteiger partial charge in [-0.15, -0.1) is 0 Å². The lowest BCUT2D eigenvalue weighted by molar-refractivity contribution is -0.153. The van der Waals surface area contributed by atoms with Crippen molar-refractivity contribution in [1.29, 1.82) is 0 Å². The van der Waals surface area contributed by atoms with Crippen molar-refractivity contribution in [3.8, 4) is 22.7 Å². The van der Waals surface area contributed by atoms with Crippen LogP contribution in [-0.2, 0) is 12.1 Å². The van der Waals surface area contributed by atoms with Gasteiger partial charge in [-0.3, -0.25) is 4.79 Å². The predicted molar refractivity (Wildman–Crippen MR) is 135 cm³/mol. The summed E-state index contributed by atoms with van der Waals surface area (Å²) in [5, 5.41) is 6.03. The normalized spacial score (nSPS) is 12.3. The molecule has 0 bridgehead atoms. The van der Waals surface area contributed by atoms with Crippen molar-refractivity contribution >= 4 is 23.2 Å². The highest BCUT2D eigenvalue weighted by Crippen LogP contribution is 2.36. The Morgan fingerprint density at radius 2 is 1.59 bits per heavy atom. The number of amides is 1. The fourth-order valence-corrected chi connectivity index (χ4v) is 3.92. The molecule has 1 heterocycles. The predicted octanol–water partition coefficient (Wildman–Crippen LogP) is 8.52. The Morgan fingerprint density at radius 3 is 2.17 bits per heavy atom. The van der Waals surface area contributed by atoms with Gasteiger partial charge in [-0.2, -0.15) is 31.4 Å². The van der Waals surface area contributed by atoms with E-state index in [1.54, 1.807) is 12.1 Å². The molecule has 0 radical (unpaired) electrons. The summed E-state index contributed by atoms with van der Waals surface area (Å²) in [5.74, 6) is -4.77. The Balaban J connectivity index is 1.66. The van der Waals surface area contributed by atoms with E-state index in [4.69, 9.17) is 11.6 Å². The van der Waals surface area contributed by atoms with Gasteiger partial charge < -0.3 is 10.1 Å². The summed E-state index contributed by atoms with van der Waals surface area (Å²) >= 11 is 6.17. The van der Waals surface area contributed by atoms with Crippen LogP contribution in [0.15, 0.2) is 72.8 Å². The molecule has 1 amide bonds. The third-order valence-electron chi connectivity index (χ3n) is 5.65. The molecule has 0 spiro atoms. The highest BCUT2D eigenvalue weighted by Gasteiger charge is 2.35. The molecule has 4 aromatic rings. The molecule has 0 saturated heterocycles. The lowest BCUT2D eigenvalue weighted by Gasteiger charge is -2.17. The highest BCUT2D eigenvalue weighted by molar-refractivity contribution is 6.32. The number of para-hydroxylation sites is 1. The van der Waals surface area contributed by atoms with E-state index in [0.29, 0.717) is 6.92 Å². The van der Waals surface area contributed by atoms with Crippen LogP contribution in [0, 0.1) is 0 Å². The van der Waals surface area contributed by atoms with Crippen molar-refractivity contribution in [3.63, 3.8) is 0 Å². The van der Waals surface area contributed by atoms with Crippen molar-refractivity contribution in [1.82, 2.24) is 9.78 Å². The van der Waals surface area contributed by atoms with Gasteiger partial charge in [-0.1, -0.05) is 35.9 Å². The van der Waals surface area contributed by atoms with Crippen molar-refractivity contribution < 1.29 is 44.7 Å². The zero-order chi connectivity index (χ0) is 30.2. The smallest absolute Gasteiger partial charge is 0.435 e. The molecule has 1 aromatic heterocycles. The molecule has 0 fully saturated rings. The fraction of sp³-hybridized carbons (Fsp3) is 0.185. The Bertz CT molecular complexity index is 1560. The number of rotatable bonds is 7. The highest BCUT2D eigenvalue weighted by atomic mass is 35.5. The van der Waals surface area contributed by atoms with E-state index in [9.17, 15) is 39.9 Å². The van der Waals surface area contributed by atoms with E-state index in [0.717, 1.165) is 28.9 Å². The van der Waals surface area contributed by atoms with Crippen LogP contribution in [0.3, 0.4) is 0 Å². The minimum absolute atomic E-state index is 0.00176. The van der Waals surface area contributed by atoms with Gasteiger partial charge in [0.2, 0.25) is 0 Å². The van der Waals surface area contributed by atoms with Gasteiger partial charge in [-0.25, -0.2) is 13.5 Å².